The van der Waals surface area contributed by atoms with Gasteiger partial charge in [0.05, 0.1) is 0 Å². The van der Waals surface area contributed by atoms with Gasteiger partial charge in [0.2, 0.25) is 17.6 Å². The second kappa shape index (κ2) is 10.1. The smallest absolute Gasteiger partial charge is 0.227 e. The molecule has 1 amide bonds. The van der Waals surface area contributed by atoms with Gasteiger partial charge in [-0.2, -0.15) is 4.98 Å². The lowest BCUT2D eigenvalue weighted by Gasteiger charge is -2.04. The van der Waals surface area contributed by atoms with Crippen LogP contribution < -0.4 is 5.32 Å². The molecule has 1 N–H and O–H groups in total. The minimum Gasteiger partial charge on any atom is -0.355 e. The first-order valence-electron chi connectivity index (χ1n) is 9.49. The Hall–Kier alpha value is -2.60. The van der Waals surface area contributed by atoms with Crippen LogP contribution in [0.3, 0.4) is 0 Å². The molecule has 0 aliphatic rings. The van der Waals surface area contributed by atoms with E-state index in [9.17, 15) is 4.79 Å². The number of hydrogen-bond acceptors (Lipinski definition) is 5. The summed E-state index contributed by atoms with van der Waals surface area (Å²) in [5.41, 5.74) is 2.19. The topological polar surface area (TPSA) is 68.0 Å². The van der Waals surface area contributed by atoms with Gasteiger partial charge >= 0.3 is 0 Å². The Morgan fingerprint density at radius 3 is 2.57 bits per heavy atom. The van der Waals surface area contributed by atoms with Gasteiger partial charge in [0, 0.05) is 35.6 Å². The Labute approximate surface area is 169 Å². The number of thioether (sulfide) groups is 1. The molecule has 1 aromatic heterocycles. The van der Waals surface area contributed by atoms with Crippen molar-refractivity contribution in [2.75, 3.05) is 12.3 Å². The van der Waals surface area contributed by atoms with Crippen LogP contribution >= 0.6 is 11.8 Å². The van der Waals surface area contributed by atoms with E-state index in [1.165, 1.54) is 10.5 Å². The first-order valence-corrected chi connectivity index (χ1v) is 10.5. The van der Waals surface area contributed by atoms with Crippen molar-refractivity contribution in [2.24, 2.45) is 0 Å². The van der Waals surface area contributed by atoms with Crippen LogP contribution in [0.25, 0.3) is 11.4 Å². The van der Waals surface area contributed by atoms with E-state index in [1.807, 2.05) is 30.3 Å². The summed E-state index contributed by atoms with van der Waals surface area (Å²) in [5.74, 6) is 2.36. The van der Waals surface area contributed by atoms with Gasteiger partial charge in [0.25, 0.3) is 0 Å². The summed E-state index contributed by atoms with van der Waals surface area (Å²) in [4.78, 5) is 17.6. The number of rotatable bonds is 9. The SMILES string of the molecule is CC(C)c1ccc(-c2noc(CCC(=O)NCCSc3ccccc3)n2)cc1. The number of aryl methyl sites for hydroxylation is 1. The van der Waals surface area contributed by atoms with Crippen LogP contribution in [-0.2, 0) is 11.2 Å². The van der Waals surface area contributed by atoms with Gasteiger partial charge in [0.1, 0.15) is 0 Å². The predicted octanol–water partition coefficient (Wildman–Crippen LogP) is 4.70. The van der Waals surface area contributed by atoms with Crippen molar-refractivity contribution in [3.8, 4) is 11.4 Å². The minimum absolute atomic E-state index is 0.00491. The standard InChI is InChI=1S/C22H25N3O2S/c1-16(2)17-8-10-18(11-9-17)22-24-21(27-25-22)13-12-20(26)23-14-15-28-19-6-4-3-5-7-19/h3-11,16H,12-15H2,1-2H3,(H,23,26). The highest BCUT2D eigenvalue weighted by Crippen LogP contribution is 2.21. The van der Waals surface area contributed by atoms with Gasteiger partial charge in [0.15, 0.2) is 0 Å². The Morgan fingerprint density at radius 1 is 1.11 bits per heavy atom. The molecule has 5 nitrogen and oxygen atoms in total. The van der Waals surface area contributed by atoms with Crippen LogP contribution in [0.4, 0.5) is 0 Å². The average Bonchev–Trinajstić information content (AvgIpc) is 3.19. The van der Waals surface area contributed by atoms with E-state index in [4.69, 9.17) is 4.52 Å². The fourth-order valence-electron chi connectivity index (χ4n) is 2.68. The molecule has 0 aliphatic heterocycles. The zero-order valence-electron chi connectivity index (χ0n) is 16.2. The second-order valence-corrected chi connectivity index (χ2v) is 7.97. The molecule has 6 heteroatoms. The van der Waals surface area contributed by atoms with Crippen molar-refractivity contribution in [1.29, 1.82) is 0 Å². The van der Waals surface area contributed by atoms with Crippen molar-refractivity contribution >= 4 is 17.7 Å². The molecule has 0 atom stereocenters. The molecule has 0 radical (unpaired) electrons. The summed E-state index contributed by atoms with van der Waals surface area (Å²) >= 11 is 1.72. The number of hydrogen-bond donors (Lipinski definition) is 1. The van der Waals surface area contributed by atoms with Gasteiger partial charge < -0.3 is 9.84 Å². The van der Waals surface area contributed by atoms with Crippen LogP contribution in [0, 0.1) is 0 Å². The maximum absolute atomic E-state index is 12.0. The summed E-state index contributed by atoms with van der Waals surface area (Å²) in [6, 6.07) is 18.3. The van der Waals surface area contributed by atoms with E-state index in [-0.39, 0.29) is 5.91 Å². The Balaban J connectivity index is 1.40. The lowest BCUT2D eigenvalue weighted by atomic mass is 10.0. The minimum atomic E-state index is -0.00491. The van der Waals surface area contributed by atoms with E-state index in [2.05, 4.69) is 53.6 Å². The number of nitrogens with zero attached hydrogens (tertiary/aromatic N) is 2. The largest absolute Gasteiger partial charge is 0.355 e. The molecule has 2 aromatic carbocycles. The third kappa shape index (κ3) is 5.96. The lowest BCUT2D eigenvalue weighted by molar-refractivity contribution is -0.121. The molecule has 0 fully saturated rings. The van der Waals surface area contributed by atoms with E-state index in [0.717, 1.165) is 11.3 Å². The van der Waals surface area contributed by atoms with Crippen molar-refractivity contribution in [2.45, 2.75) is 37.5 Å². The molecule has 3 rings (SSSR count). The number of benzene rings is 2. The number of carbonyl (C=O) groups is 1. The zero-order valence-corrected chi connectivity index (χ0v) is 17.0. The van der Waals surface area contributed by atoms with E-state index in [0.29, 0.717) is 37.0 Å². The molecule has 28 heavy (non-hydrogen) atoms. The van der Waals surface area contributed by atoms with Crippen molar-refractivity contribution in [3.05, 3.63) is 66.1 Å². The molecule has 146 valence electrons. The average molecular weight is 396 g/mol. The first kappa shape index (κ1) is 20.1. The van der Waals surface area contributed by atoms with Gasteiger partial charge in [-0.05, 0) is 23.6 Å². The monoisotopic (exact) mass is 395 g/mol. The molecule has 0 aliphatic carbocycles. The highest BCUT2D eigenvalue weighted by molar-refractivity contribution is 7.99. The second-order valence-electron chi connectivity index (χ2n) is 6.80. The maximum atomic E-state index is 12.0. The van der Waals surface area contributed by atoms with Crippen molar-refractivity contribution in [1.82, 2.24) is 15.5 Å². The molecule has 0 spiro atoms. The molecule has 0 unspecified atom stereocenters. The summed E-state index contributed by atoms with van der Waals surface area (Å²) in [7, 11) is 0. The Morgan fingerprint density at radius 2 is 1.86 bits per heavy atom. The molecule has 1 heterocycles. The number of carbonyl (C=O) groups excluding carboxylic acids is 1. The van der Waals surface area contributed by atoms with Gasteiger partial charge in [-0.1, -0.05) is 61.5 Å². The zero-order chi connectivity index (χ0) is 19.8. The number of amides is 1. The van der Waals surface area contributed by atoms with Crippen LogP contribution in [0.1, 0.15) is 37.6 Å². The predicted molar refractivity (Wildman–Crippen MR) is 112 cm³/mol. The van der Waals surface area contributed by atoms with Crippen LogP contribution in [-0.4, -0.2) is 28.3 Å². The maximum Gasteiger partial charge on any atom is 0.227 e. The van der Waals surface area contributed by atoms with Gasteiger partial charge in [-0.15, -0.1) is 11.8 Å². The van der Waals surface area contributed by atoms with Crippen molar-refractivity contribution < 1.29 is 9.32 Å². The highest BCUT2D eigenvalue weighted by atomic mass is 32.2. The van der Waals surface area contributed by atoms with Crippen LogP contribution in [0.2, 0.25) is 0 Å². The third-order valence-electron chi connectivity index (χ3n) is 4.31. The van der Waals surface area contributed by atoms with E-state index in [1.54, 1.807) is 11.8 Å². The third-order valence-corrected chi connectivity index (χ3v) is 5.32. The van der Waals surface area contributed by atoms with Crippen LogP contribution in [0.5, 0.6) is 0 Å². The fraction of sp³-hybridized carbons (Fsp3) is 0.318. The molecule has 0 saturated heterocycles. The first-order chi connectivity index (χ1) is 13.6. The molecule has 0 saturated carbocycles. The quantitative estimate of drug-likeness (QED) is 0.420. The van der Waals surface area contributed by atoms with E-state index >= 15 is 0 Å². The number of nitrogens with one attached hydrogen (secondary N) is 1. The lowest BCUT2D eigenvalue weighted by Crippen LogP contribution is -2.25. The summed E-state index contributed by atoms with van der Waals surface area (Å²) in [6.45, 7) is 4.95. The van der Waals surface area contributed by atoms with E-state index < -0.39 is 0 Å². The van der Waals surface area contributed by atoms with Gasteiger partial charge in [-0.3, -0.25) is 4.79 Å². The van der Waals surface area contributed by atoms with Crippen molar-refractivity contribution in [3.63, 3.8) is 0 Å². The molecule has 3 aromatic rings. The molecular formula is C22H25N3O2S. The Bertz CT molecular complexity index is 876. The highest BCUT2D eigenvalue weighted by Gasteiger charge is 2.11. The molecular weight excluding hydrogens is 370 g/mol. The molecule has 0 bridgehead atoms. The Kier molecular flexibility index (Phi) is 7.25. The number of aromatic nitrogens is 2. The summed E-state index contributed by atoms with van der Waals surface area (Å²) < 4.78 is 5.29. The fourth-order valence-corrected chi connectivity index (χ4v) is 3.47. The van der Waals surface area contributed by atoms with Gasteiger partial charge in [-0.25, -0.2) is 0 Å². The summed E-state index contributed by atoms with van der Waals surface area (Å²) in [5, 5.41) is 6.96. The normalized spacial score (nSPS) is 11.0. The summed E-state index contributed by atoms with van der Waals surface area (Å²) in [6.07, 6.45) is 0.776. The van der Waals surface area contributed by atoms with Crippen LogP contribution in [0.15, 0.2) is 64.0 Å².